The number of anilines is 1. The first kappa shape index (κ1) is 13.2. The number of methoxy groups -OCH3 is 1. The first-order chi connectivity index (χ1) is 9.15. The lowest BCUT2D eigenvalue weighted by molar-refractivity contribution is -0.136. The van der Waals surface area contributed by atoms with Gasteiger partial charge in [0.05, 0.1) is 24.8 Å². The molecule has 0 saturated heterocycles. The van der Waals surface area contributed by atoms with Crippen LogP contribution in [0.5, 0.6) is 5.75 Å². The Bertz CT molecular complexity index is 518. The lowest BCUT2D eigenvalue weighted by Crippen LogP contribution is -2.29. The smallest absolute Gasteiger partial charge is 0.305 e. The Morgan fingerprint density at radius 2 is 2.32 bits per heavy atom. The van der Waals surface area contributed by atoms with Crippen LogP contribution in [0.15, 0.2) is 18.2 Å². The van der Waals surface area contributed by atoms with Gasteiger partial charge in [-0.2, -0.15) is 5.26 Å². The van der Waals surface area contributed by atoms with Gasteiger partial charge in [0, 0.05) is 18.7 Å². The molecule has 0 atom stereocenters. The molecular formula is C14H16N2O3. The second-order valence-electron chi connectivity index (χ2n) is 4.56. The molecule has 0 amide bonds. The molecule has 0 bridgehead atoms. The van der Waals surface area contributed by atoms with E-state index in [0.717, 1.165) is 18.5 Å². The maximum absolute atomic E-state index is 10.7. The normalized spacial score (nSPS) is 13.7. The molecule has 1 aromatic carbocycles. The van der Waals surface area contributed by atoms with E-state index < -0.39 is 5.97 Å². The Balaban J connectivity index is 2.29. The lowest BCUT2D eigenvalue weighted by atomic mass is 10.1. The third-order valence-electron chi connectivity index (χ3n) is 3.19. The van der Waals surface area contributed by atoms with Gasteiger partial charge in [-0.3, -0.25) is 4.79 Å². The summed E-state index contributed by atoms with van der Waals surface area (Å²) >= 11 is 0. The van der Waals surface area contributed by atoms with Crippen molar-refractivity contribution in [3.63, 3.8) is 0 Å². The number of nitriles is 1. The average molecular weight is 260 g/mol. The van der Waals surface area contributed by atoms with E-state index in [2.05, 4.69) is 6.07 Å². The number of carboxylic acids is 1. The summed E-state index contributed by atoms with van der Waals surface area (Å²) in [6.07, 6.45) is 2.15. The summed E-state index contributed by atoms with van der Waals surface area (Å²) in [4.78, 5) is 12.7. The molecule has 19 heavy (non-hydrogen) atoms. The number of aliphatic carboxylic acids is 1. The van der Waals surface area contributed by atoms with E-state index in [0.29, 0.717) is 23.9 Å². The minimum Gasteiger partial charge on any atom is -0.497 e. The number of benzene rings is 1. The van der Waals surface area contributed by atoms with Crippen LogP contribution in [-0.2, 0) is 4.79 Å². The predicted molar refractivity (Wildman–Crippen MR) is 70.3 cm³/mol. The molecule has 0 unspecified atom stereocenters. The average Bonchev–Trinajstić information content (AvgIpc) is 3.23. The van der Waals surface area contributed by atoms with Crippen molar-refractivity contribution in [2.75, 3.05) is 18.6 Å². The minimum absolute atomic E-state index is 0.0680. The molecule has 0 radical (unpaired) electrons. The fourth-order valence-electron chi connectivity index (χ4n) is 2.07. The number of carboxylic acid groups (broad SMARTS) is 1. The third kappa shape index (κ3) is 3.16. The number of nitrogens with zero attached hydrogens (tertiary/aromatic N) is 2. The molecule has 100 valence electrons. The second-order valence-corrected chi connectivity index (χ2v) is 4.56. The Morgan fingerprint density at radius 3 is 2.84 bits per heavy atom. The van der Waals surface area contributed by atoms with Crippen molar-refractivity contribution in [2.45, 2.75) is 25.3 Å². The van der Waals surface area contributed by atoms with Gasteiger partial charge in [0.1, 0.15) is 11.8 Å². The Labute approximate surface area is 112 Å². The van der Waals surface area contributed by atoms with Crippen LogP contribution in [0.4, 0.5) is 5.69 Å². The van der Waals surface area contributed by atoms with Crippen molar-refractivity contribution in [1.29, 1.82) is 5.26 Å². The number of ether oxygens (including phenoxy) is 1. The first-order valence-corrected chi connectivity index (χ1v) is 6.22. The fraction of sp³-hybridized carbons (Fsp3) is 0.429. The topological polar surface area (TPSA) is 73.6 Å². The molecule has 0 heterocycles. The second kappa shape index (κ2) is 5.61. The van der Waals surface area contributed by atoms with Gasteiger partial charge in [0.2, 0.25) is 0 Å². The van der Waals surface area contributed by atoms with Crippen LogP contribution in [0.2, 0.25) is 0 Å². The molecule has 0 spiro atoms. The van der Waals surface area contributed by atoms with Gasteiger partial charge in [0.25, 0.3) is 0 Å². The Morgan fingerprint density at radius 1 is 1.58 bits per heavy atom. The zero-order valence-corrected chi connectivity index (χ0v) is 10.8. The van der Waals surface area contributed by atoms with Crippen LogP contribution in [0, 0.1) is 11.3 Å². The number of hydrogen-bond donors (Lipinski definition) is 1. The van der Waals surface area contributed by atoms with Crippen LogP contribution in [-0.4, -0.2) is 30.8 Å². The van der Waals surface area contributed by atoms with Crippen LogP contribution >= 0.6 is 0 Å². The molecule has 1 saturated carbocycles. The standard InChI is InChI=1S/C14H16N2O3/c1-19-12-5-2-10(9-15)13(8-12)16(11-3-4-11)7-6-14(17)18/h2,5,8,11H,3-4,6-7H2,1H3,(H,17,18). The van der Waals surface area contributed by atoms with Crippen LogP contribution in [0.1, 0.15) is 24.8 Å². The van der Waals surface area contributed by atoms with Crippen molar-refractivity contribution < 1.29 is 14.6 Å². The van der Waals surface area contributed by atoms with E-state index in [-0.39, 0.29) is 6.42 Å². The van der Waals surface area contributed by atoms with Gasteiger partial charge in [-0.15, -0.1) is 0 Å². The first-order valence-electron chi connectivity index (χ1n) is 6.22. The number of carbonyl (C=O) groups is 1. The summed E-state index contributed by atoms with van der Waals surface area (Å²) < 4.78 is 5.18. The summed E-state index contributed by atoms with van der Waals surface area (Å²) in [6.45, 7) is 0.418. The van der Waals surface area contributed by atoms with E-state index in [4.69, 9.17) is 9.84 Å². The van der Waals surface area contributed by atoms with Crippen LogP contribution < -0.4 is 9.64 Å². The van der Waals surface area contributed by atoms with E-state index in [1.165, 1.54) is 0 Å². The highest BCUT2D eigenvalue weighted by Crippen LogP contribution is 2.35. The van der Waals surface area contributed by atoms with Gasteiger partial charge in [-0.25, -0.2) is 0 Å². The van der Waals surface area contributed by atoms with Gasteiger partial charge in [-0.05, 0) is 25.0 Å². The molecule has 1 aliphatic carbocycles. The highest BCUT2D eigenvalue weighted by molar-refractivity contribution is 5.69. The third-order valence-corrected chi connectivity index (χ3v) is 3.19. The van der Waals surface area contributed by atoms with Gasteiger partial charge >= 0.3 is 5.97 Å². The molecular weight excluding hydrogens is 244 g/mol. The van der Waals surface area contributed by atoms with Crippen LogP contribution in [0.25, 0.3) is 0 Å². The van der Waals surface area contributed by atoms with Crippen molar-refractivity contribution in [3.8, 4) is 11.8 Å². The molecule has 0 aromatic heterocycles. The van der Waals surface area contributed by atoms with Crippen LogP contribution in [0.3, 0.4) is 0 Å². The molecule has 5 nitrogen and oxygen atoms in total. The fourth-order valence-corrected chi connectivity index (χ4v) is 2.07. The van der Waals surface area contributed by atoms with Crippen molar-refractivity contribution >= 4 is 11.7 Å². The van der Waals surface area contributed by atoms with Gasteiger partial charge in [-0.1, -0.05) is 0 Å². The maximum Gasteiger partial charge on any atom is 0.305 e. The van der Waals surface area contributed by atoms with E-state index >= 15 is 0 Å². The zero-order chi connectivity index (χ0) is 13.8. The van der Waals surface area contributed by atoms with Crippen molar-refractivity contribution in [3.05, 3.63) is 23.8 Å². The SMILES string of the molecule is COc1ccc(C#N)c(N(CCC(=O)O)C2CC2)c1. The molecule has 5 heteroatoms. The van der Waals surface area contributed by atoms with E-state index in [9.17, 15) is 10.1 Å². The molecule has 2 rings (SSSR count). The number of hydrogen-bond acceptors (Lipinski definition) is 4. The van der Waals surface area contributed by atoms with Gasteiger partial charge < -0.3 is 14.7 Å². The highest BCUT2D eigenvalue weighted by Gasteiger charge is 2.30. The Hall–Kier alpha value is -2.22. The molecule has 1 fully saturated rings. The predicted octanol–water partition coefficient (Wildman–Crippen LogP) is 2.01. The summed E-state index contributed by atoms with van der Waals surface area (Å²) in [7, 11) is 1.57. The largest absolute Gasteiger partial charge is 0.497 e. The summed E-state index contributed by atoms with van der Waals surface area (Å²) in [5.41, 5.74) is 1.32. The highest BCUT2D eigenvalue weighted by atomic mass is 16.5. The number of rotatable bonds is 6. The van der Waals surface area contributed by atoms with E-state index in [1.807, 2.05) is 4.90 Å². The van der Waals surface area contributed by atoms with Crippen molar-refractivity contribution in [1.82, 2.24) is 0 Å². The van der Waals surface area contributed by atoms with Gasteiger partial charge in [0.15, 0.2) is 0 Å². The van der Waals surface area contributed by atoms with E-state index in [1.54, 1.807) is 25.3 Å². The summed E-state index contributed by atoms with van der Waals surface area (Å²) in [5.74, 6) is -0.151. The molecule has 1 N–H and O–H groups in total. The monoisotopic (exact) mass is 260 g/mol. The maximum atomic E-state index is 10.7. The summed E-state index contributed by atoms with van der Waals surface area (Å²) in [6, 6.07) is 7.76. The summed E-state index contributed by atoms with van der Waals surface area (Å²) in [5, 5.41) is 18.0. The zero-order valence-electron chi connectivity index (χ0n) is 10.8. The van der Waals surface area contributed by atoms with Crippen molar-refractivity contribution in [2.24, 2.45) is 0 Å². The Kier molecular flexibility index (Phi) is 3.91. The molecule has 1 aliphatic rings. The molecule has 0 aliphatic heterocycles. The quantitative estimate of drug-likeness (QED) is 0.847. The lowest BCUT2D eigenvalue weighted by Gasteiger charge is -2.25. The minimum atomic E-state index is -0.827. The molecule has 1 aromatic rings.